The van der Waals surface area contributed by atoms with Crippen LogP contribution in [0.25, 0.3) is 0 Å². The molecule has 1 fully saturated rings. The molecule has 0 aromatic heterocycles. The van der Waals surface area contributed by atoms with Gasteiger partial charge in [0.2, 0.25) is 0 Å². The molecule has 1 aromatic rings. The molecule has 6 heteroatoms. The maximum Gasteiger partial charge on any atom is 0.328 e. The van der Waals surface area contributed by atoms with Crippen LogP contribution in [0.4, 0.5) is 0 Å². The summed E-state index contributed by atoms with van der Waals surface area (Å²) in [5, 5.41) is 9.18. The number of benzene rings is 1. The number of carboxylic acid groups (broad SMARTS) is 1. The number of carbonyl (C=O) groups is 2. The van der Waals surface area contributed by atoms with Gasteiger partial charge >= 0.3 is 5.97 Å². The number of methoxy groups -OCH3 is 1. The summed E-state index contributed by atoms with van der Waals surface area (Å²) >= 11 is 0. The quantitative estimate of drug-likeness (QED) is 0.890. The molecular formula is C14H17NO5. The van der Waals surface area contributed by atoms with Crippen molar-refractivity contribution in [2.45, 2.75) is 13.0 Å². The summed E-state index contributed by atoms with van der Waals surface area (Å²) in [7, 11) is 1.48. The second-order valence-corrected chi connectivity index (χ2v) is 4.63. The summed E-state index contributed by atoms with van der Waals surface area (Å²) in [5.74, 6) is -0.970. The Hall–Kier alpha value is -2.08. The van der Waals surface area contributed by atoms with Gasteiger partial charge in [0, 0.05) is 6.54 Å². The lowest BCUT2D eigenvalue weighted by Gasteiger charge is -2.33. The Balaban J connectivity index is 2.34. The third kappa shape index (κ3) is 2.75. The van der Waals surface area contributed by atoms with E-state index in [1.54, 1.807) is 12.1 Å². The van der Waals surface area contributed by atoms with Gasteiger partial charge in [-0.05, 0) is 19.1 Å². The number of hydrogen-bond acceptors (Lipinski definition) is 4. The predicted molar refractivity (Wildman–Crippen MR) is 71.0 cm³/mol. The summed E-state index contributed by atoms with van der Waals surface area (Å²) < 4.78 is 10.3. The van der Waals surface area contributed by atoms with Gasteiger partial charge in [-0.25, -0.2) is 4.79 Å². The molecule has 1 aromatic carbocycles. The molecule has 1 aliphatic rings. The predicted octanol–water partition coefficient (Wildman–Crippen LogP) is 0.929. The summed E-state index contributed by atoms with van der Waals surface area (Å²) in [6.07, 6.45) is 0. The third-order valence-electron chi connectivity index (χ3n) is 3.26. The van der Waals surface area contributed by atoms with Crippen LogP contribution in [-0.4, -0.2) is 54.8 Å². The van der Waals surface area contributed by atoms with Crippen molar-refractivity contribution in [3.8, 4) is 5.75 Å². The van der Waals surface area contributed by atoms with E-state index < -0.39 is 12.0 Å². The molecular weight excluding hydrogens is 262 g/mol. The molecule has 20 heavy (non-hydrogen) atoms. The second kappa shape index (κ2) is 5.92. The highest BCUT2D eigenvalue weighted by Gasteiger charge is 2.34. The van der Waals surface area contributed by atoms with Gasteiger partial charge in [0.15, 0.2) is 6.04 Å². The molecule has 0 saturated carbocycles. The molecule has 0 aliphatic carbocycles. The van der Waals surface area contributed by atoms with E-state index in [1.165, 1.54) is 12.0 Å². The van der Waals surface area contributed by atoms with E-state index in [0.717, 1.165) is 5.56 Å². The maximum atomic E-state index is 12.6. The molecule has 1 atom stereocenters. The van der Waals surface area contributed by atoms with Crippen LogP contribution in [0.5, 0.6) is 5.75 Å². The Morgan fingerprint density at radius 1 is 1.45 bits per heavy atom. The zero-order chi connectivity index (χ0) is 14.7. The van der Waals surface area contributed by atoms with Gasteiger partial charge in [-0.3, -0.25) is 4.79 Å². The number of aliphatic carboxylic acids is 1. The van der Waals surface area contributed by atoms with Gasteiger partial charge in [-0.1, -0.05) is 11.6 Å². The molecule has 1 heterocycles. The minimum Gasteiger partial charge on any atom is -0.496 e. The number of carbonyl (C=O) groups excluding carboxylic acids is 1. The fourth-order valence-electron chi connectivity index (χ4n) is 2.20. The SMILES string of the molecule is COc1ccc(C)cc1C(=O)N1CCOCC1C(=O)O. The number of hydrogen-bond donors (Lipinski definition) is 1. The number of morpholine rings is 1. The lowest BCUT2D eigenvalue weighted by atomic mass is 10.1. The maximum absolute atomic E-state index is 12.6. The average molecular weight is 279 g/mol. The summed E-state index contributed by atoms with van der Waals surface area (Å²) in [6.45, 7) is 2.47. The standard InChI is InChI=1S/C14H17NO5/c1-9-3-4-12(19-2)10(7-9)13(16)15-5-6-20-8-11(15)14(17)18/h3-4,7,11H,5-6,8H2,1-2H3,(H,17,18). The molecule has 0 bridgehead atoms. The molecule has 1 amide bonds. The number of nitrogens with zero attached hydrogens (tertiary/aromatic N) is 1. The Bertz CT molecular complexity index is 528. The van der Waals surface area contributed by atoms with Crippen molar-refractivity contribution in [1.29, 1.82) is 0 Å². The summed E-state index contributed by atoms with van der Waals surface area (Å²) in [4.78, 5) is 25.1. The zero-order valence-electron chi connectivity index (χ0n) is 11.5. The van der Waals surface area contributed by atoms with Crippen molar-refractivity contribution in [1.82, 2.24) is 4.90 Å². The first kappa shape index (κ1) is 14.3. The fraction of sp³-hybridized carbons (Fsp3) is 0.429. The van der Waals surface area contributed by atoms with Crippen LogP contribution in [0, 0.1) is 6.92 Å². The van der Waals surface area contributed by atoms with Crippen LogP contribution in [-0.2, 0) is 9.53 Å². The Labute approximate surface area is 116 Å². The number of aryl methyl sites for hydroxylation is 1. The van der Waals surface area contributed by atoms with E-state index in [0.29, 0.717) is 17.9 Å². The molecule has 2 rings (SSSR count). The number of rotatable bonds is 3. The number of ether oxygens (including phenoxy) is 2. The van der Waals surface area contributed by atoms with Crippen LogP contribution < -0.4 is 4.74 Å². The van der Waals surface area contributed by atoms with Gasteiger partial charge in [-0.15, -0.1) is 0 Å². The smallest absolute Gasteiger partial charge is 0.328 e. The summed E-state index contributed by atoms with van der Waals surface area (Å²) in [5.41, 5.74) is 1.29. The van der Waals surface area contributed by atoms with Crippen molar-refractivity contribution in [2.24, 2.45) is 0 Å². The molecule has 6 nitrogen and oxygen atoms in total. The van der Waals surface area contributed by atoms with E-state index in [9.17, 15) is 14.7 Å². The lowest BCUT2D eigenvalue weighted by molar-refractivity contribution is -0.147. The van der Waals surface area contributed by atoms with Crippen molar-refractivity contribution in [3.63, 3.8) is 0 Å². The fourth-order valence-corrected chi connectivity index (χ4v) is 2.20. The van der Waals surface area contributed by atoms with Crippen LogP contribution in [0.3, 0.4) is 0 Å². The van der Waals surface area contributed by atoms with Crippen molar-refractivity contribution in [3.05, 3.63) is 29.3 Å². The van der Waals surface area contributed by atoms with Crippen molar-refractivity contribution < 1.29 is 24.2 Å². The largest absolute Gasteiger partial charge is 0.496 e. The minimum atomic E-state index is -1.07. The molecule has 1 saturated heterocycles. The van der Waals surface area contributed by atoms with E-state index >= 15 is 0 Å². The van der Waals surface area contributed by atoms with Gasteiger partial charge < -0.3 is 19.5 Å². The average Bonchev–Trinajstić information content (AvgIpc) is 2.46. The molecule has 108 valence electrons. The normalized spacial score (nSPS) is 18.7. The lowest BCUT2D eigenvalue weighted by Crippen LogP contribution is -2.52. The van der Waals surface area contributed by atoms with Crippen molar-refractivity contribution >= 4 is 11.9 Å². The number of amides is 1. The van der Waals surface area contributed by atoms with Crippen LogP contribution in [0.1, 0.15) is 15.9 Å². The van der Waals surface area contributed by atoms with Crippen LogP contribution in [0.2, 0.25) is 0 Å². The molecule has 1 unspecified atom stereocenters. The highest BCUT2D eigenvalue weighted by molar-refractivity contribution is 5.99. The third-order valence-corrected chi connectivity index (χ3v) is 3.26. The van der Waals surface area contributed by atoms with Crippen LogP contribution >= 0.6 is 0 Å². The highest BCUT2D eigenvalue weighted by atomic mass is 16.5. The van der Waals surface area contributed by atoms with Gasteiger partial charge in [0.25, 0.3) is 5.91 Å². The summed E-state index contributed by atoms with van der Waals surface area (Å²) in [6, 6.07) is 4.29. The van der Waals surface area contributed by atoms with E-state index in [-0.39, 0.29) is 19.1 Å². The zero-order valence-corrected chi connectivity index (χ0v) is 11.5. The molecule has 1 N–H and O–H groups in total. The van der Waals surface area contributed by atoms with Gasteiger partial charge in [-0.2, -0.15) is 0 Å². The number of carboxylic acids is 1. The topological polar surface area (TPSA) is 76.1 Å². The van der Waals surface area contributed by atoms with Crippen LogP contribution in [0.15, 0.2) is 18.2 Å². The minimum absolute atomic E-state index is 0.00913. The molecule has 1 aliphatic heterocycles. The van der Waals surface area contributed by atoms with Gasteiger partial charge in [0.05, 0.1) is 25.9 Å². The Morgan fingerprint density at radius 2 is 2.20 bits per heavy atom. The molecule has 0 spiro atoms. The van der Waals surface area contributed by atoms with E-state index in [4.69, 9.17) is 9.47 Å². The second-order valence-electron chi connectivity index (χ2n) is 4.63. The first-order valence-electron chi connectivity index (χ1n) is 6.30. The van der Waals surface area contributed by atoms with E-state index in [1.807, 2.05) is 13.0 Å². The Kier molecular flexibility index (Phi) is 4.24. The Morgan fingerprint density at radius 3 is 2.85 bits per heavy atom. The first-order chi connectivity index (χ1) is 9.54. The highest BCUT2D eigenvalue weighted by Crippen LogP contribution is 2.23. The first-order valence-corrected chi connectivity index (χ1v) is 6.30. The van der Waals surface area contributed by atoms with Gasteiger partial charge in [0.1, 0.15) is 5.75 Å². The molecule has 0 radical (unpaired) electrons. The van der Waals surface area contributed by atoms with E-state index in [2.05, 4.69) is 0 Å². The monoisotopic (exact) mass is 279 g/mol. The van der Waals surface area contributed by atoms with Crippen molar-refractivity contribution in [2.75, 3.05) is 26.9 Å².